The fourth-order valence-corrected chi connectivity index (χ4v) is 1.98. The van der Waals surface area contributed by atoms with Crippen LogP contribution in [0.25, 0.3) is 11.3 Å². The molecule has 0 bridgehead atoms. The number of H-pyrrole nitrogens is 1. The maximum absolute atomic E-state index is 13.5. The van der Waals surface area contributed by atoms with Gasteiger partial charge >= 0.3 is 0 Å². The van der Waals surface area contributed by atoms with E-state index in [0.717, 1.165) is 6.42 Å². The molecule has 0 fully saturated rings. The van der Waals surface area contributed by atoms with Gasteiger partial charge in [0.15, 0.2) is 0 Å². The van der Waals surface area contributed by atoms with Crippen molar-refractivity contribution in [3.05, 3.63) is 35.8 Å². The van der Waals surface area contributed by atoms with Crippen molar-refractivity contribution in [2.24, 2.45) is 0 Å². The molecular formula is C16H20FN3O3. The normalized spacial score (nSPS) is 10.6. The van der Waals surface area contributed by atoms with E-state index in [0.29, 0.717) is 42.5 Å². The second-order valence-electron chi connectivity index (χ2n) is 4.90. The number of hydrogen-bond acceptors (Lipinski definition) is 4. The molecule has 1 heterocycles. The number of aromatic nitrogens is 2. The number of benzene rings is 1. The van der Waals surface area contributed by atoms with E-state index in [1.807, 2.05) is 6.92 Å². The number of methoxy groups -OCH3 is 1. The highest BCUT2D eigenvalue weighted by Gasteiger charge is 2.14. The van der Waals surface area contributed by atoms with Crippen molar-refractivity contribution in [3.8, 4) is 17.0 Å². The van der Waals surface area contributed by atoms with Gasteiger partial charge in [0.25, 0.3) is 5.91 Å². The number of ether oxygens (including phenoxy) is 2. The summed E-state index contributed by atoms with van der Waals surface area (Å²) in [6.07, 6.45) is 0.838. The molecule has 1 aromatic heterocycles. The number of rotatable bonds is 8. The fourth-order valence-electron chi connectivity index (χ4n) is 1.98. The van der Waals surface area contributed by atoms with Gasteiger partial charge in [-0.3, -0.25) is 9.89 Å². The van der Waals surface area contributed by atoms with Crippen molar-refractivity contribution >= 4 is 5.91 Å². The number of carbonyl (C=O) groups is 1. The third kappa shape index (κ3) is 4.53. The van der Waals surface area contributed by atoms with Gasteiger partial charge in [-0.05, 0) is 30.7 Å². The minimum absolute atomic E-state index is 0.293. The third-order valence-electron chi connectivity index (χ3n) is 3.09. The van der Waals surface area contributed by atoms with Crippen LogP contribution in [-0.4, -0.2) is 43.0 Å². The summed E-state index contributed by atoms with van der Waals surface area (Å²) in [5.41, 5.74) is 1.25. The molecule has 124 valence electrons. The molecule has 0 aliphatic rings. The van der Waals surface area contributed by atoms with Gasteiger partial charge in [0.2, 0.25) is 0 Å². The molecule has 0 radical (unpaired) electrons. The smallest absolute Gasteiger partial charge is 0.269 e. The van der Waals surface area contributed by atoms with E-state index in [2.05, 4.69) is 15.5 Å². The molecule has 1 aromatic carbocycles. The Bertz CT molecular complexity index is 658. The summed E-state index contributed by atoms with van der Waals surface area (Å²) in [7, 11) is 1.56. The van der Waals surface area contributed by atoms with Gasteiger partial charge < -0.3 is 14.8 Å². The van der Waals surface area contributed by atoms with E-state index >= 15 is 0 Å². The van der Waals surface area contributed by atoms with E-state index < -0.39 is 5.82 Å². The van der Waals surface area contributed by atoms with Gasteiger partial charge in [0.05, 0.1) is 18.9 Å². The maximum atomic E-state index is 13.5. The van der Waals surface area contributed by atoms with Gasteiger partial charge in [-0.15, -0.1) is 0 Å². The predicted octanol–water partition coefficient (Wildman–Crippen LogP) is 2.38. The molecule has 0 spiro atoms. The number of nitrogens with zero attached hydrogens (tertiary/aromatic N) is 1. The zero-order valence-corrected chi connectivity index (χ0v) is 13.2. The zero-order chi connectivity index (χ0) is 16.7. The summed E-state index contributed by atoms with van der Waals surface area (Å²) in [5, 5.41) is 9.42. The van der Waals surface area contributed by atoms with Crippen LogP contribution in [0.2, 0.25) is 0 Å². The summed E-state index contributed by atoms with van der Waals surface area (Å²) in [4.78, 5) is 11.9. The second-order valence-corrected chi connectivity index (χ2v) is 4.90. The van der Waals surface area contributed by atoms with E-state index in [1.165, 1.54) is 12.1 Å². The van der Waals surface area contributed by atoms with Crippen LogP contribution < -0.4 is 10.1 Å². The van der Waals surface area contributed by atoms with E-state index in [4.69, 9.17) is 9.47 Å². The van der Waals surface area contributed by atoms with Crippen molar-refractivity contribution in [2.45, 2.75) is 13.3 Å². The van der Waals surface area contributed by atoms with Crippen molar-refractivity contribution in [1.82, 2.24) is 15.5 Å². The molecule has 2 rings (SSSR count). The average Bonchev–Trinajstić information content (AvgIpc) is 3.03. The molecule has 7 heteroatoms. The Kier molecular flexibility index (Phi) is 6.10. The number of aromatic amines is 1. The Morgan fingerprint density at radius 2 is 2.17 bits per heavy atom. The third-order valence-corrected chi connectivity index (χ3v) is 3.09. The number of halogens is 1. The van der Waals surface area contributed by atoms with Crippen LogP contribution in [0.5, 0.6) is 5.75 Å². The van der Waals surface area contributed by atoms with E-state index in [9.17, 15) is 9.18 Å². The maximum Gasteiger partial charge on any atom is 0.269 e. The highest BCUT2D eigenvalue weighted by molar-refractivity contribution is 5.93. The van der Waals surface area contributed by atoms with Crippen LogP contribution in [-0.2, 0) is 4.74 Å². The molecule has 0 aliphatic heterocycles. The molecule has 0 saturated carbocycles. The summed E-state index contributed by atoms with van der Waals surface area (Å²) in [6.45, 7) is 3.33. The van der Waals surface area contributed by atoms with Gasteiger partial charge in [0.1, 0.15) is 17.3 Å². The average molecular weight is 321 g/mol. The molecular weight excluding hydrogens is 301 g/mol. The van der Waals surface area contributed by atoms with Crippen LogP contribution in [0.1, 0.15) is 23.8 Å². The first kappa shape index (κ1) is 17.0. The predicted molar refractivity (Wildman–Crippen MR) is 84.0 cm³/mol. The Balaban J connectivity index is 2.19. The molecule has 6 nitrogen and oxygen atoms in total. The topological polar surface area (TPSA) is 76.2 Å². The standard InChI is InChI=1S/C16H20FN3O3/c1-3-7-23-15-5-4-11(17)9-12(15)13-10-14(20-19-13)16(21)18-6-8-22-2/h4-5,9-10H,3,6-8H2,1-2H3,(H,18,21)(H,19,20). The van der Waals surface area contributed by atoms with Crippen molar-refractivity contribution in [1.29, 1.82) is 0 Å². The first-order valence-corrected chi connectivity index (χ1v) is 7.41. The van der Waals surface area contributed by atoms with Crippen molar-refractivity contribution in [3.63, 3.8) is 0 Å². The number of carbonyl (C=O) groups excluding carboxylic acids is 1. The molecule has 0 aliphatic carbocycles. The van der Waals surface area contributed by atoms with Crippen LogP contribution in [0.4, 0.5) is 4.39 Å². The summed E-state index contributed by atoms with van der Waals surface area (Å²) >= 11 is 0. The second kappa shape index (κ2) is 8.28. The van der Waals surface area contributed by atoms with Crippen molar-refractivity contribution < 1.29 is 18.7 Å². The highest BCUT2D eigenvalue weighted by atomic mass is 19.1. The Labute approximate surface area is 134 Å². The zero-order valence-electron chi connectivity index (χ0n) is 13.2. The highest BCUT2D eigenvalue weighted by Crippen LogP contribution is 2.30. The van der Waals surface area contributed by atoms with E-state index in [-0.39, 0.29) is 5.91 Å². The van der Waals surface area contributed by atoms with Crippen LogP contribution in [0.15, 0.2) is 24.3 Å². The molecule has 0 atom stereocenters. The molecule has 2 aromatic rings. The molecule has 23 heavy (non-hydrogen) atoms. The fraction of sp³-hybridized carbons (Fsp3) is 0.375. The number of amides is 1. The van der Waals surface area contributed by atoms with Gasteiger partial charge in [0, 0.05) is 19.2 Å². The molecule has 2 N–H and O–H groups in total. The lowest BCUT2D eigenvalue weighted by atomic mass is 10.1. The molecule has 0 unspecified atom stereocenters. The first-order valence-electron chi connectivity index (χ1n) is 7.41. The van der Waals surface area contributed by atoms with Gasteiger partial charge in [-0.25, -0.2) is 4.39 Å². The largest absolute Gasteiger partial charge is 0.493 e. The van der Waals surface area contributed by atoms with Gasteiger partial charge in [-0.1, -0.05) is 6.92 Å². The lowest BCUT2D eigenvalue weighted by Gasteiger charge is -2.09. The van der Waals surface area contributed by atoms with Crippen molar-refractivity contribution in [2.75, 3.05) is 26.9 Å². The Hall–Kier alpha value is -2.41. The van der Waals surface area contributed by atoms with Gasteiger partial charge in [-0.2, -0.15) is 5.10 Å². The molecule has 0 saturated heterocycles. The number of nitrogens with one attached hydrogen (secondary N) is 2. The van der Waals surface area contributed by atoms with E-state index in [1.54, 1.807) is 19.2 Å². The summed E-state index contributed by atoms with van der Waals surface area (Å²) in [6, 6.07) is 5.80. The summed E-state index contributed by atoms with van der Waals surface area (Å²) < 4.78 is 24.0. The quantitative estimate of drug-likeness (QED) is 0.732. The molecule has 1 amide bonds. The number of hydrogen-bond donors (Lipinski definition) is 2. The monoisotopic (exact) mass is 321 g/mol. The van der Waals surface area contributed by atoms with Crippen LogP contribution >= 0.6 is 0 Å². The Morgan fingerprint density at radius 3 is 2.91 bits per heavy atom. The minimum atomic E-state index is -0.391. The lowest BCUT2D eigenvalue weighted by Crippen LogP contribution is -2.27. The Morgan fingerprint density at radius 1 is 1.35 bits per heavy atom. The minimum Gasteiger partial charge on any atom is -0.493 e. The lowest BCUT2D eigenvalue weighted by molar-refractivity contribution is 0.0932. The summed E-state index contributed by atoms with van der Waals surface area (Å²) in [5.74, 6) is -0.155. The van der Waals surface area contributed by atoms with Crippen LogP contribution in [0.3, 0.4) is 0 Å². The van der Waals surface area contributed by atoms with Crippen LogP contribution in [0, 0.1) is 5.82 Å². The SMILES string of the molecule is CCCOc1ccc(F)cc1-c1cc(C(=O)NCCOC)[nH]n1. The first-order chi connectivity index (χ1) is 11.2.